The molecule has 0 radical (unpaired) electrons. The zero-order valence-corrected chi connectivity index (χ0v) is 12.7. The summed E-state index contributed by atoms with van der Waals surface area (Å²) in [6, 6.07) is 0. The lowest BCUT2D eigenvalue weighted by atomic mass is 10.1. The minimum atomic E-state index is -2.92. The molecule has 1 atom stereocenters. The van der Waals surface area contributed by atoms with Crippen molar-refractivity contribution in [1.29, 1.82) is 0 Å². The lowest BCUT2D eigenvalue weighted by molar-refractivity contribution is 0.601. The van der Waals surface area contributed by atoms with Crippen LogP contribution in [0.5, 0.6) is 0 Å². The van der Waals surface area contributed by atoms with Gasteiger partial charge in [0.05, 0.1) is 21.7 Å². The molecular formula is C11H12BrClN2O2S. The second-order valence-electron chi connectivity index (χ2n) is 4.95. The van der Waals surface area contributed by atoms with Crippen molar-refractivity contribution in [2.45, 2.75) is 31.1 Å². The normalized spacial score (nSPS) is 26.4. The fourth-order valence-electron chi connectivity index (χ4n) is 2.26. The first-order valence-electron chi connectivity index (χ1n) is 5.89. The Kier molecular flexibility index (Phi) is 3.15. The van der Waals surface area contributed by atoms with Crippen molar-refractivity contribution < 1.29 is 8.42 Å². The van der Waals surface area contributed by atoms with Crippen molar-refractivity contribution >= 4 is 37.4 Å². The van der Waals surface area contributed by atoms with Crippen molar-refractivity contribution in [2.75, 3.05) is 11.5 Å². The predicted molar refractivity (Wildman–Crippen MR) is 72.7 cm³/mol. The maximum atomic E-state index is 11.5. The van der Waals surface area contributed by atoms with E-state index in [2.05, 4.69) is 25.9 Å². The van der Waals surface area contributed by atoms with Gasteiger partial charge in [-0.2, -0.15) is 0 Å². The van der Waals surface area contributed by atoms with Gasteiger partial charge in [-0.1, -0.05) is 11.6 Å². The molecule has 2 heterocycles. The molecule has 98 valence electrons. The molecule has 2 fully saturated rings. The highest BCUT2D eigenvalue weighted by atomic mass is 79.9. The summed E-state index contributed by atoms with van der Waals surface area (Å²) in [5.74, 6) is 1.32. The first kappa shape index (κ1) is 12.8. The number of nitrogens with zero attached hydrogens (tertiary/aromatic N) is 2. The number of sulfone groups is 1. The summed E-state index contributed by atoms with van der Waals surface area (Å²) in [6.45, 7) is 0. The van der Waals surface area contributed by atoms with Crippen molar-refractivity contribution in [2.24, 2.45) is 0 Å². The first-order chi connectivity index (χ1) is 8.46. The van der Waals surface area contributed by atoms with Crippen LogP contribution in [0.25, 0.3) is 0 Å². The van der Waals surface area contributed by atoms with Gasteiger partial charge in [0.2, 0.25) is 0 Å². The Bertz CT molecular complexity index is 601. The summed E-state index contributed by atoms with van der Waals surface area (Å²) in [7, 11) is -2.92. The maximum absolute atomic E-state index is 11.5. The fraction of sp³-hybridized carbons (Fsp3) is 0.636. The van der Waals surface area contributed by atoms with E-state index in [4.69, 9.17) is 11.6 Å². The topological polar surface area (TPSA) is 59.9 Å². The lowest BCUT2D eigenvalue weighted by Crippen LogP contribution is -2.09. The minimum Gasteiger partial charge on any atom is -0.236 e. The molecule has 0 aromatic carbocycles. The summed E-state index contributed by atoms with van der Waals surface area (Å²) >= 11 is 9.50. The Balaban J connectivity index is 1.98. The van der Waals surface area contributed by atoms with Crippen LogP contribution in [-0.2, 0) is 9.84 Å². The van der Waals surface area contributed by atoms with E-state index >= 15 is 0 Å². The monoisotopic (exact) mass is 350 g/mol. The van der Waals surface area contributed by atoms with Gasteiger partial charge in [-0.05, 0) is 35.2 Å². The number of rotatable bonds is 2. The van der Waals surface area contributed by atoms with Gasteiger partial charge in [0.15, 0.2) is 9.84 Å². The van der Waals surface area contributed by atoms with Crippen molar-refractivity contribution in [3.8, 4) is 0 Å². The van der Waals surface area contributed by atoms with E-state index in [1.165, 1.54) is 0 Å². The molecule has 0 amide bonds. The standard InChI is InChI=1S/C11H12BrClN2O2S/c12-8-9(6-1-2-6)14-11(15-10(8)13)7-3-4-18(16,17)5-7/h6-7H,1-5H2. The fourth-order valence-corrected chi connectivity index (χ4v) is 4.68. The molecule has 0 N–H and O–H groups in total. The van der Waals surface area contributed by atoms with Gasteiger partial charge in [-0.25, -0.2) is 18.4 Å². The number of halogens is 2. The molecule has 1 aromatic heterocycles. The highest BCUT2D eigenvalue weighted by Crippen LogP contribution is 2.44. The predicted octanol–water partition coefficient (Wildman–Crippen LogP) is 2.67. The van der Waals surface area contributed by atoms with E-state index in [-0.39, 0.29) is 17.4 Å². The van der Waals surface area contributed by atoms with E-state index in [9.17, 15) is 8.42 Å². The zero-order valence-electron chi connectivity index (χ0n) is 9.57. The molecule has 1 aliphatic carbocycles. The third kappa shape index (κ3) is 2.42. The third-order valence-corrected chi connectivity index (χ3v) is 6.47. The summed E-state index contributed by atoms with van der Waals surface area (Å²) in [4.78, 5) is 8.77. The van der Waals surface area contributed by atoms with Crippen LogP contribution in [-0.4, -0.2) is 29.9 Å². The molecule has 0 bridgehead atoms. The van der Waals surface area contributed by atoms with Gasteiger partial charge in [0, 0.05) is 11.8 Å². The second kappa shape index (κ2) is 4.42. The molecule has 1 unspecified atom stereocenters. The first-order valence-corrected chi connectivity index (χ1v) is 8.89. The Morgan fingerprint density at radius 3 is 2.44 bits per heavy atom. The van der Waals surface area contributed by atoms with Gasteiger partial charge in [-0.3, -0.25) is 0 Å². The molecule has 1 aromatic rings. The van der Waals surface area contributed by atoms with Crippen molar-refractivity contribution in [3.05, 3.63) is 21.1 Å². The average Bonchev–Trinajstić information content (AvgIpc) is 3.07. The summed E-state index contributed by atoms with van der Waals surface area (Å²) in [6.07, 6.45) is 2.84. The number of hydrogen-bond acceptors (Lipinski definition) is 4. The molecule has 3 rings (SSSR count). The number of aromatic nitrogens is 2. The minimum absolute atomic E-state index is 0.0990. The zero-order chi connectivity index (χ0) is 12.9. The molecular weight excluding hydrogens is 340 g/mol. The Morgan fingerprint density at radius 2 is 1.89 bits per heavy atom. The number of hydrogen-bond donors (Lipinski definition) is 0. The van der Waals surface area contributed by atoms with Gasteiger partial charge in [0.1, 0.15) is 11.0 Å². The highest BCUT2D eigenvalue weighted by Gasteiger charge is 2.34. The van der Waals surface area contributed by atoms with Crippen molar-refractivity contribution in [1.82, 2.24) is 9.97 Å². The van der Waals surface area contributed by atoms with E-state index in [0.29, 0.717) is 23.3 Å². The quantitative estimate of drug-likeness (QED) is 0.769. The molecule has 1 saturated carbocycles. The van der Waals surface area contributed by atoms with Crippen LogP contribution in [0, 0.1) is 0 Å². The van der Waals surface area contributed by atoms with E-state index in [1.807, 2.05) is 0 Å². The maximum Gasteiger partial charge on any atom is 0.151 e. The average molecular weight is 352 g/mol. The summed E-state index contributed by atoms with van der Waals surface area (Å²) in [5, 5.41) is 0.395. The molecule has 4 nitrogen and oxygen atoms in total. The van der Waals surface area contributed by atoms with Gasteiger partial charge >= 0.3 is 0 Å². The van der Waals surface area contributed by atoms with E-state index in [0.717, 1.165) is 23.0 Å². The van der Waals surface area contributed by atoms with E-state index < -0.39 is 9.84 Å². The van der Waals surface area contributed by atoms with E-state index in [1.54, 1.807) is 0 Å². The van der Waals surface area contributed by atoms with Crippen LogP contribution < -0.4 is 0 Å². The Labute approximate surface area is 119 Å². The molecule has 7 heteroatoms. The molecule has 1 aliphatic heterocycles. The molecule has 0 spiro atoms. The third-order valence-electron chi connectivity index (χ3n) is 3.42. The Hall–Kier alpha value is -0.200. The van der Waals surface area contributed by atoms with Crippen LogP contribution in [0.15, 0.2) is 4.47 Å². The van der Waals surface area contributed by atoms with Gasteiger partial charge in [-0.15, -0.1) is 0 Å². The lowest BCUT2D eigenvalue weighted by Gasteiger charge is -2.10. The largest absolute Gasteiger partial charge is 0.236 e. The van der Waals surface area contributed by atoms with Crippen LogP contribution >= 0.6 is 27.5 Å². The van der Waals surface area contributed by atoms with Crippen LogP contribution in [0.3, 0.4) is 0 Å². The van der Waals surface area contributed by atoms with Gasteiger partial charge in [0.25, 0.3) is 0 Å². The molecule has 2 aliphatic rings. The Morgan fingerprint density at radius 1 is 1.17 bits per heavy atom. The second-order valence-corrected chi connectivity index (χ2v) is 8.33. The smallest absolute Gasteiger partial charge is 0.151 e. The van der Waals surface area contributed by atoms with Crippen LogP contribution in [0.2, 0.25) is 5.15 Å². The molecule has 18 heavy (non-hydrogen) atoms. The van der Waals surface area contributed by atoms with Crippen LogP contribution in [0.1, 0.15) is 42.6 Å². The van der Waals surface area contributed by atoms with Gasteiger partial charge < -0.3 is 0 Å². The van der Waals surface area contributed by atoms with Crippen molar-refractivity contribution in [3.63, 3.8) is 0 Å². The highest BCUT2D eigenvalue weighted by molar-refractivity contribution is 9.10. The summed E-state index contributed by atoms with van der Waals surface area (Å²) in [5.41, 5.74) is 0.939. The van der Waals surface area contributed by atoms with Crippen LogP contribution in [0.4, 0.5) is 0 Å². The SMILES string of the molecule is O=S1(=O)CCC(c2nc(Cl)c(Br)c(C3CC3)n2)C1. The summed E-state index contributed by atoms with van der Waals surface area (Å²) < 4.78 is 23.8. The molecule has 1 saturated heterocycles.